The largest absolute Gasteiger partial charge is 0.351 e. The molecule has 0 aliphatic carbocycles. The van der Waals surface area contributed by atoms with E-state index in [1.807, 2.05) is 0 Å². The van der Waals surface area contributed by atoms with Crippen molar-refractivity contribution in [1.82, 2.24) is 15.0 Å². The molecule has 0 atom stereocenters. The van der Waals surface area contributed by atoms with Gasteiger partial charge in [0.2, 0.25) is 5.95 Å². The molecule has 0 aliphatic rings. The maximum absolute atomic E-state index is 12.3. The molecule has 0 spiro atoms. The Labute approximate surface area is 63.2 Å². The Morgan fingerprint density at radius 2 is 2.45 bits per heavy atom. The van der Waals surface area contributed by atoms with Gasteiger partial charge in [0.25, 0.3) is 0 Å². The van der Waals surface area contributed by atoms with E-state index in [4.69, 9.17) is 0 Å². The number of rotatable bonds is 3. The van der Waals surface area contributed by atoms with Crippen LogP contribution in [0, 0.1) is 6.08 Å². The lowest BCUT2D eigenvalue weighted by atomic mass is 10.6. The SMILES string of the molecule is C=CCNc1ncnc(F)n1. The van der Waals surface area contributed by atoms with Gasteiger partial charge in [-0.05, 0) is 0 Å². The van der Waals surface area contributed by atoms with Crippen LogP contribution in [-0.4, -0.2) is 21.5 Å². The van der Waals surface area contributed by atoms with Gasteiger partial charge in [-0.15, -0.1) is 6.58 Å². The van der Waals surface area contributed by atoms with E-state index in [0.29, 0.717) is 6.54 Å². The standard InChI is InChI=1S/C6H7FN4/c1-2-3-8-6-10-4-9-5(7)11-6/h2,4H,1,3H2,(H,8,9,10,11). The average molecular weight is 154 g/mol. The number of aromatic nitrogens is 3. The first-order valence-electron chi connectivity index (χ1n) is 3.02. The normalized spacial score (nSPS) is 9.18. The fourth-order valence-corrected chi connectivity index (χ4v) is 0.525. The summed E-state index contributed by atoms with van der Waals surface area (Å²) in [5, 5.41) is 2.71. The van der Waals surface area contributed by atoms with Gasteiger partial charge >= 0.3 is 6.08 Å². The Balaban J connectivity index is 2.63. The van der Waals surface area contributed by atoms with Crippen LogP contribution in [0.4, 0.5) is 10.3 Å². The molecule has 1 aromatic heterocycles. The first kappa shape index (κ1) is 7.59. The smallest absolute Gasteiger partial charge is 0.313 e. The van der Waals surface area contributed by atoms with Gasteiger partial charge in [0.1, 0.15) is 6.33 Å². The van der Waals surface area contributed by atoms with E-state index in [9.17, 15) is 4.39 Å². The number of hydrogen-bond acceptors (Lipinski definition) is 4. The van der Waals surface area contributed by atoms with Crippen molar-refractivity contribution in [3.63, 3.8) is 0 Å². The summed E-state index contributed by atoms with van der Waals surface area (Å²) in [6.45, 7) is 3.97. The van der Waals surface area contributed by atoms with Crippen molar-refractivity contribution >= 4 is 5.95 Å². The molecule has 1 N–H and O–H groups in total. The second-order valence-electron chi connectivity index (χ2n) is 1.75. The van der Waals surface area contributed by atoms with Gasteiger partial charge in [-0.1, -0.05) is 6.08 Å². The van der Waals surface area contributed by atoms with Gasteiger partial charge in [-0.2, -0.15) is 14.4 Å². The third-order valence-corrected chi connectivity index (χ3v) is 0.947. The van der Waals surface area contributed by atoms with Crippen LogP contribution < -0.4 is 5.32 Å². The van der Waals surface area contributed by atoms with Gasteiger partial charge in [-0.25, -0.2) is 4.98 Å². The molecule has 0 amide bonds. The van der Waals surface area contributed by atoms with Crippen LogP contribution in [0.1, 0.15) is 0 Å². The van der Waals surface area contributed by atoms with E-state index in [0.717, 1.165) is 6.33 Å². The molecular weight excluding hydrogens is 147 g/mol. The maximum Gasteiger partial charge on any atom is 0.313 e. The molecule has 1 rings (SSSR count). The summed E-state index contributed by atoms with van der Waals surface area (Å²) in [5.74, 6) is 0.220. The summed E-state index contributed by atoms with van der Waals surface area (Å²) in [7, 11) is 0. The van der Waals surface area contributed by atoms with Crippen molar-refractivity contribution in [2.24, 2.45) is 0 Å². The molecule has 0 unspecified atom stereocenters. The zero-order valence-corrected chi connectivity index (χ0v) is 5.79. The summed E-state index contributed by atoms with van der Waals surface area (Å²) in [5.41, 5.74) is 0. The van der Waals surface area contributed by atoms with Crippen molar-refractivity contribution in [1.29, 1.82) is 0 Å². The van der Waals surface area contributed by atoms with Crippen LogP contribution in [0.15, 0.2) is 19.0 Å². The molecule has 0 aliphatic heterocycles. The fourth-order valence-electron chi connectivity index (χ4n) is 0.525. The molecule has 0 radical (unpaired) electrons. The summed E-state index contributed by atoms with van der Waals surface area (Å²) in [6.07, 6.45) is 1.95. The van der Waals surface area contributed by atoms with Crippen LogP contribution >= 0.6 is 0 Å². The molecule has 0 fully saturated rings. The molecule has 0 aromatic carbocycles. The predicted molar refractivity (Wildman–Crippen MR) is 38.5 cm³/mol. The van der Waals surface area contributed by atoms with Gasteiger partial charge in [0.15, 0.2) is 0 Å². The van der Waals surface area contributed by atoms with E-state index in [1.54, 1.807) is 6.08 Å². The van der Waals surface area contributed by atoms with Crippen LogP contribution in [0.5, 0.6) is 0 Å². The Morgan fingerprint density at radius 3 is 3.09 bits per heavy atom. The summed E-state index contributed by atoms with van der Waals surface area (Å²) in [4.78, 5) is 10.2. The molecule has 0 bridgehead atoms. The molecule has 4 nitrogen and oxygen atoms in total. The second kappa shape index (κ2) is 3.60. The number of nitrogens with zero attached hydrogens (tertiary/aromatic N) is 3. The summed E-state index contributed by atoms with van der Waals surface area (Å²) in [6, 6.07) is 0. The molecule has 1 aromatic rings. The van der Waals surface area contributed by atoms with Gasteiger partial charge in [0, 0.05) is 6.54 Å². The van der Waals surface area contributed by atoms with Crippen LogP contribution in [-0.2, 0) is 0 Å². The minimum Gasteiger partial charge on any atom is -0.351 e. The lowest BCUT2D eigenvalue weighted by Crippen LogP contribution is -2.04. The number of hydrogen-bond donors (Lipinski definition) is 1. The molecule has 1 heterocycles. The highest BCUT2D eigenvalue weighted by Crippen LogP contribution is 1.93. The van der Waals surface area contributed by atoms with E-state index >= 15 is 0 Å². The Kier molecular flexibility index (Phi) is 2.48. The van der Waals surface area contributed by atoms with Gasteiger partial charge in [-0.3, -0.25) is 0 Å². The maximum atomic E-state index is 12.3. The topological polar surface area (TPSA) is 50.7 Å². The van der Waals surface area contributed by atoms with Crippen LogP contribution in [0.3, 0.4) is 0 Å². The molecule has 58 valence electrons. The first-order valence-corrected chi connectivity index (χ1v) is 3.02. The quantitative estimate of drug-likeness (QED) is 0.648. The van der Waals surface area contributed by atoms with Gasteiger partial charge < -0.3 is 5.32 Å². The third kappa shape index (κ3) is 2.29. The average Bonchev–Trinajstić information content (AvgIpc) is 2.01. The van der Waals surface area contributed by atoms with Crippen molar-refractivity contribution in [2.45, 2.75) is 0 Å². The van der Waals surface area contributed by atoms with Crippen molar-refractivity contribution in [2.75, 3.05) is 11.9 Å². The van der Waals surface area contributed by atoms with Crippen molar-refractivity contribution < 1.29 is 4.39 Å². The second-order valence-corrected chi connectivity index (χ2v) is 1.75. The lowest BCUT2D eigenvalue weighted by Gasteiger charge is -1.97. The molecular formula is C6H7FN4. The first-order chi connectivity index (χ1) is 5.33. The molecule has 11 heavy (non-hydrogen) atoms. The van der Waals surface area contributed by atoms with Crippen molar-refractivity contribution in [3.05, 3.63) is 25.1 Å². The van der Waals surface area contributed by atoms with Crippen molar-refractivity contribution in [3.8, 4) is 0 Å². The Morgan fingerprint density at radius 1 is 1.64 bits per heavy atom. The van der Waals surface area contributed by atoms with Crippen LogP contribution in [0.2, 0.25) is 0 Å². The molecule has 5 heteroatoms. The zero-order valence-electron chi connectivity index (χ0n) is 5.79. The molecule has 0 saturated heterocycles. The van der Waals surface area contributed by atoms with E-state index in [1.165, 1.54) is 0 Å². The minimum atomic E-state index is -0.786. The highest BCUT2D eigenvalue weighted by molar-refractivity contribution is 5.21. The molecule has 0 saturated carbocycles. The summed E-state index contributed by atoms with van der Waals surface area (Å²) >= 11 is 0. The number of anilines is 1. The van der Waals surface area contributed by atoms with E-state index < -0.39 is 6.08 Å². The van der Waals surface area contributed by atoms with E-state index in [-0.39, 0.29) is 5.95 Å². The monoisotopic (exact) mass is 154 g/mol. The van der Waals surface area contributed by atoms with Crippen LogP contribution in [0.25, 0.3) is 0 Å². The predicted octanol–water partition coefficient (Wildman–Crippen LogP) is 0.609. The zero-order chi connectivity index (χ0) is 8.10. The number of halogens is 1. The fraction of sp³-hybridized carbons (Fsp3) is 0.167. The number of nitrogens with one attached hydrogen (secondary N) is 1. The highest BCUT2D eigenvalue weighted by atomic mass is 19.1. The van der Waals surface area contributed by atoms with E-state index in [2.05, 4.69) is 26.8 Å². The summed E-state index contributed by atoms with van der Waals surface area (Å²) < 4.78 is 12.3. The Hall–Kier alpha value is -1.52. The lowest BCUT2D eigenvalue weighted by molar-refractivity contribution is 0.534. The Bertz CT molecular complexity index is 250. The highest BCUT2D eigenvalue weighted by Gasteiger charge is 1.95. The van der Waals surface area contributed by atoms with Gasteiger partial charge in [0.05, 0.1) is 0 Å². The minimum absolute atomic E-state index is 0.220. The third-order valence-electron chi connectivity index (χ3n) is 0.947.